The number of benzene rings is 1. The third-order valence-electron chi connectivity index (χ3n) is 2.89. The van der Waals surface area contributed by atoms with Crippen molar-refractivity contribution in [2.45, 2.75) is 25.5 Å². The van der Waals surface area contributed by atoms with Gasteiger partial charge in [-0.2, -0.15) is 10.5 Å². The first-order valence-corrected chi connectivity index (χ1v) is 7.77. The average molecular weight is 291 g/mol. The molecule has 0 aliphatic carbocycles. The van der Waals surface area contributed by atoms with Crippen LogP contribution in [0.2, 0.25) is 0 Å². The predicted molar refractivity (Wildman–Crippen MR) is 77.9 cm³/mol. The zero-order chi connectivity index (χ0) is 15.4. The van der Waals surface area contributed by atoms with Gasteiger partial charge in [-0.05, 0) is 39.0 Å². The highest BCUT2D eigenvalue weighted by Gasteiger charge is 2.28. The summed E-state index contributed by atoms with van der Waals surface area (Å²) in [6, 6.07) is 8.61. The van der Waals surface area contributed by atoms with E-state index >= 15 is 0 Å². The smallest absolute Gasteiger partial charge is 0.156 e. The molecule has 0 saturated carbocycles. The highest BCUT2D eigenvalue weighted by atomic mass is 32.2. The van der Waals surface area contributed by atoms with Gasteiger partial charge in [0.05, 0.1) is 21.6 Å². The first kappa shape index (κ1) is 16.0. The molecule has 1 aromatic rings. The molecule has 1 rings (SSSR count). The van der Waals surface area contributed by atoms with Crippen molar-refractivity contribution in [2.24, 2.45) is 0 Å². The second-order valence-corrected chi connectivity index (χ2v) is 8.20. The number of nitrogens with zero attached hydrogens (tertiary/aromatic N) is 2. The third kappa shape index (κ3) is 3.72. The van der Waals surface area contributed by atoms with E-state index in [0.29, 0.717) is 11.3 Å². The van der Waals surface area contributed by atoms with Crippen LogP contribution in [0.4, 0.5) is 5.69 Å². The van der Waals surface area contributed by atoms with Crippen LogP contribution in [0, 0.1) is 22.7 Å². The Bertz CT molecular complexity index is 674. The summed E-state index contributed by atoms with van der Waals surface area (Å²) < 4.78 is 23.1. The second kappa shape index (κ2) is 5.94. The highest BCUT2D eigenvalue weighted by Crippen LogP contribution is 2.17. The van der Waals surface area contributed by atoms with Crippen molar-refractivity contribution >= 4 is 15.5 Å². The van der Waals surface area contributed by atoms with Gasteiger partial charge in [-0.15, -0.1) is 0 Å². The molecule has 0 spiro atoms. The summed E-state index contributed by atoms with van der Waals surface area (Å²) in [4.78, 5) is 0. The van der Waals surface area contributed by atoms with Gasteiger partial charge in [0, 0.05) is 12.2 Å². The molecule has 0 unspecified atom stereocenters. The molecule has 0 fully saturated rings. The van der Waals surface area contributed by atoms with Gasteiger partial charge in [-0.25, -0.2) is 8.42 Å². The molecule has 0 amide bonds. The summed E-state index contributed by atoms with van der Waals surface area (Å²) in [6.45, 7) is 5.25. The van der Waals surface area contributed by atoms with E-state index in [1.807, 2.05) is 12.1 Å². The quantitative estimate of drug-likeness (QED) is 0.916. The Hall–Kier alpha value is -2.05. The number of hydrogen-bond acceptors (Lipinski definition) is 5. The lowest BCUT2D eigenvalue weighted by molar-refractivity contribution is 0.560. The van der Waals surface area contributed by atoms with E-state index in [-0.39, 0.29) is 17.9 Å². The van der Waals surface area contributed by atoms with Crippen LogP contribution in [0.15, 0.2) is 18.2 Å². The molecule has 0 aliphatic rings. The van der Waals surface area contributed by atoms with Crippen molar-refractivity contribution in [2.75, 3.05) is 17.6 Å². The van der Waals surface area contributed by atoms with Crippen molar-refractivity contribution < 1.29 is 8.42 Å². The van der Waals surface area contributed by atoms with Gasteiger partial charge in [0.25, 0.3) is 0 Å². The van der Waals surface area contributed by atoms with Gasteiger partial charge < -0.3 is 5.32 Å². The van der Waals surface area contributed by atoms with Gasteiger partial charge in [-0.1, -0.05) is 0 Å². The lowest BCUT2D eigenvalue weighted by Gasteiger charge is -2.19. The van der Waals surface area contributed by atoms with Crippen LogP contribution in [-0.2, 0) is 9.84 Å². The van der Waals surface area contributed by atoms with Gasteiger partial charge in [-0.3, -0.25) is 0 Å². The Morgan fingerprint density at radius 1 is 1.15 bits per heavy atom. The molecule has 6 heteroatoms. The molecule has 20 heavy (non-hydrogen) atoms. The molecule has 0 radical (unpaired) electrons. The number of sulfone groups is 1. The fraction of sp³-hybridized carbons (Fsp3) is 0.429. The van der Waals surface area contributed by atoms with Crippen molar-refractivity contribution in [3.8, 4) is 12.1 Å². The van der Waals surface area contributed by atoms with Crippen molar-refractivity contribution in [1.82, 2.24) is 0 Å². The van der Waals surface area contributed by atoms with Crippen LogP contribution in [0.3, 0.4) is 0 Å². The van der Waals surface area contributed by atoms with E-state index in [4.69, 9.17) is 10.5 Å². The van der Waals surface area contributed by atoms with Gasteiger partial charge in [0.2, 0.25) is 0 Å². The van der Waals surface area contributed by atoms with E-state index in [1.54, 1.807) is 39.0 Å². The van der Waals surface area contributed by atoms with Crippen LogP contribution < -0.4 is 5.32 Å². The molecule has 0 aromatic heterocycles. The largest absolute Gasteiger partial charge is 0.384 e. The fourth-order valence-corrected chi connectivity index (χ4v) is 2.46. The van der Waals surface area contributed by atoms with Crippen LogP contribution in [-0.4, -0.2) is 25.5 Å². The first-order chi connectivity index (χ1) is 9.21. The molecular formula is C14H17N3O2S. The Labute approximate surface area is 119 Å². The predicted octanol–water partition coefficient (Wildman–Crippen LogP) is 2.06. The van der Waals surface area contributed by atoms with Crippen LogP contribution in [0.5, 0.6) is 0 Å². The number of nitrogens with one attached hydrogen (secondary N) is 1. The Kier molecular flexibility index (Phi) is 4.75. The maximum Gasteiger partial charge on any atom is 0.156 e. The maximum atomic E-state index is 11.9. The fourth-order valence-electron chi connectivity index (χ4n) is 1.48. The summed E-state index contributed by atoms with van der Waals surface area (Å²) in [5, 5.41) is 20.7. The van der Waals surface area contributed by atoms with Crippen LogP contribution in [0.25, 0.3) is 0 Å². The molecule has 0 atom stereocenters. The van der Waals surface area contributed by atoms with E-state index in [1.165, 1.54) is 0 Å². The van der Waals surface area contributed by atoms with Crippen molar-refractivity contribution in [1.29, 1.82) is 10.5 Å². The zero-order valence-electron chi connectivity index (χ0n) is 11.8. The number of anilines is 1. The minimum Gasteiger partial charge on any atom is -0.384 e. The second-order valence-electron chi connectivity index (χ2n) is 5.34. The molecular weight excluding hydrogens is 274 g/mol. The standard InChI is InChI=1S/C14H17N3O2S/c1-14(2,3)20(18,19)7-6-17-13-5-4-11(9-15)12(8-13)10-16/h4-5,8,17H,6-7H2,1-3H3. The Morgan fingerprint density at radius 3 is 2.25 bits per heavy atom. The number of hydrogen-bond donors (Lipinski definition) is 1. The Morgan fingerprint density at radius 2 is 1.75 bits per heavy atom. The van der Waals surface area contributed by atoms with Gasteiger partial charge in [0.1, 0.15) is 12.1 Å². The molecule has 0 saturated heterocycles. The summed E-state index contributed by atoms with van der Waals surface area (Å²) in [7, 11) is -3.18. The minimum absolute atomic E-state index is 0.0123. The molecule has 5 nitrogen and oxygen atoms in total. The van der Waals surface area contributed by atoms with Crippen molar-refractivity contribution in [3.63, 3.8) is 0 Å². The lowest BCUT2D eigenvalue weighted by atomic mass is 10.1. The molecule has 0 heterocycles. The van der Waals surface area contributed by atoms with E-state index < -0.39 is 14.6 Å². The molecule has 106 valence electrons. The SMILES string of the molecule is CC(C)(C)S(=O)(=O)CCNc1ccc(C#N)c(C#N)c1. The molecule has 1 N–H and O–H groups in total. The highest BCUT2D eigenvalue weighted by molar-refractivity contribution is 7.92. The summed E-state index contributed by atoms with van der Waals surface area (Å²) in [5.41, 5.74) is 1.21. The van der Waals surface area contributed by atoms with E-state index in [2.05, 4.69) is 5.32 Å². The van der Waals surface area contributed by atoms with E-state index in [0.717, 1.165) is 0 Å². The zero-order valence-corrected chi connectivity index (χ0v) is 12.6. The number of nitriles is 2. The minimum atomic E-state index is -3.18. The molecule has 0 bridgehead atoms. The maximum absolute atomic E-state index is 11.9. The van der Waals surface area contributed by atoms with Gasteiger partial charge in [0.15, 0.2) is 9.84 Å². The summed E-state index contributed by atoms with van der Waals surface area (Å²) in [5.74, 6) is 0.0123. The van der Waals surface area contributed by atoms with Crippen LogP contribution in [0.1, 0.15) is 31.9 Å². The first-order valence-electron chi connectivity index (χ1n) is 6.11. The van der Waals surface area contributed by atoms with Crippen molar-refractivity contribution in [3.05, 3.63) is 29.3 Å². The number of rotatable bonds is 4. The third-order valence-corrected chi connectivity index (χ3v) is 5.50. The lowest BCUT2D eigenvalue weighted by Crippen LogP contribution is -2.32. The monoisotopic (exact) mass is 291 g/mol. The normalized spacial score (nSPS) is 11.4. The molecule has 1 aromatic carbocycles. The topological polar surface area (TPSA) is 93.8 Å². The van der Waals surface area contributed by atoms with Gasteiger partial charge >= 0.3 is 0 Å². The Balaban J connectivity index is 2.74. The summed E-state index contributed by atoms with van der Waals surface area (Å²) >= 11 is 0. The molecule has 0 aliphatic heterocycles. The van der Waals surface area contributed by atoms with E-state index in [9.17, 15) is 8.42 Å². The average Bonchev–Trinajstić information content (AvgIpc) is 2.37. The summed E-state index contributed by atoms with van der Waals surface area (Å²) in [6.07, 6.45) is 0. The van der Waals surface area contributed by atoms with Crippen LogP contribution >= 0.6 is 0 Å².